The van der Waals surface area contributed by atoms with Crippen molar-refractivity contribution in [1.82, 2.24) is 0 Å². The minimum atomic E-state index is -2.44. The van der Waals surface area contributed by atoms with Gasteiger partial charge in [0.2, 0.25) is 0 Å². The molecule has 1 aliphatic heterocycles. The van der Waals surface area contributed by atoms with E-state index in [1.165, 1.54) is 7.11 Å². The lowest BCUT2D eigenvalue weighted by atomic mass is 9.90. The molecule has 0 bridgehead atoms. The van der Waals surface area contributed by atoms with Gasteiger partial charge in [0.05, 0.1) is 24.9 Å². The average molecular weight is 507 g/mol. The Labute approximate surface area is 209 Å². The van der Waals surface area contributed by atoms with Crippen molar-refractivity contribution in [2.24, 2.45) is 5.92 Å². The summed E-state index contributed by atoms with van der Waals surface area (Å²) in [6.07, 6.45) is 4.17. The van der Waals surface area contributed by atoms with Crippen molar-refractivity contribution < 1.29 is 18.6 Å². The molecule has 4 rings (SSSR count). The van der Waals surface area contributed by atoms with Crippen molar-refractivity contribution in [2.75, 3.05) is 35.4 Å². The molecule has 1 saturated heterocycles. The van der Waals surface area contributed by atoms with E-state index in [1.807, 2.05) is 24.3 Å². The van der Waals surface area contributed by atoms with E-state index in [4.69, 9.17) is 16.3 Å². The van der Waals surface area contributed by atoms with E-state index in [0.29, 0.717) is 28.9 Å². The molecule has 2 aromatic rings. The molecule has 8 heteroatoms. The number of halogens is 1. The molecule has 2 aliphatic rings. The fourth-order valence-electron chi connectivity index (χ4n) is 4.97. The van der Waals surface area contributed by atoms with Gasteiger partial charge in [-0.25, -0.2) is 0 Å². The maximum Gasteiger partial charge on any atom is 0.306 e. The summed E-state index contributed by atoms with van der Waals surface area (Å²) in [6, 6.07) is 14.4. The molecule has 0 spiro atoms. The Bertz CT molecular complexity index is 987. The second-order valence-electron chi connectivity index (χ2n) is 9.36. The first-order chi connectivity index (χ1) is 16.3. The first kappa shape index (κ1) is 25.2. The van der Waals surface area contributed by atoms with Crippen molar-refractivity contribution >= 4 is 45.2 Å². The van der Waals surface area contributed by atoms with E-state index in [-0.39, 0.29) is 17.9 Å². The van der Waals surface area contributed by atoms with Crippen LogP contribution in [0, 0.1) is 5.92 Å². The Morgan fingerprint density at radius 2 is 1.82 bits per heavy atom. The number of ether oxygens (including phenoxy) is 1. The molecule has 1 unspecified atom stereocenters. The first-order valence-corrected chi connectivity index (χ1v) is 14.3. The molecule has 6 nitrogen and oxygen atoms in total. The predicted octanol–water partition coefficient (Wildman–Crippen LogP) is 6.88. The third-order valence-corrected chi connectivity index (χ3v) is 9.06. The van der Waals surface area contributed by atoms with Crippen LogP contribution in [0.25, 0.3) is 0 Å². The number of anilines is 3. The molecule has 0 amide bonds. The lowest BCUT2D eigenvalue weighted by molar-refractivity contribution is -0.141. The molecule has 0 aromatic heterocycles. The smallest absolute Gasteiger partial charge is 0.306 e. The molecule has 2 aromatic carbocycles. The predicted molar refractivity (Wildman–Crippen MR) is 142 cm³/mol. The van der Waals surface area contributed by atoms with Crippen LogP contribution in [0.1, 0.15) is 50.5 Å². The number of hydrogen-bond donors (Lipinski definition) is 3. The van der Waals surface area contributed by atoms with Gasteiger partial charge in [-0.1, -0.05) is 17.7 Å². The van der Waals surface area contributed by atoms with Crippen LogP contribution in [0.4, 0.5) is 17.1 Å². The highest BCUT2D eigenvalue weighted by molar-refractivity contribution is 8.24. The molecular formula is C26H35ClN2O4S. The molecule has 1 atom stereocenters. The lowest BCUT2D eigenvalue weighted by Gasteiger charge is -2.44. The number of esters is 1. The highest BCUT2D eigenvalue weighted by atomic mass is 35.5. The quantitative estimate of drug-likeness (QED) is 0.321. The maximum absolute atomic E-state index is 12.1. The normalized spacial score (nSPS) is 19.8. The highest BCUT2D eigenvalue weighted by Gasteiger charge is 2.35. The number of carbonyl (C=O) groups is 1. The molecule has 0 radical (unpaired) electrons. The third kappa shape index (κ3) is 6.19. The van der Waals surface area contributed by atoms with E-state index in [1.54, 1.807) is 0 Å². The Morgan fingerprint density at radius 3 is 2.41 bits per heavy atom. The van der Waals surface area contributed by atoms with E-state index in [9.17, 15) is 13.9 Å². The van der Waals surface area contributed by atoms with Crippen molar-refractivity contribution in [1.29, 1.82) is 0 Å². The van der Waals surface area contributed by atoms with Crippen molar-refractivity contribution in [3.63, 3.8) is 0 Å². The fourth-order valence-corrected chi connectivity index (χ4v) is 6.60. The topological polar surface area (TPSA) is 82.0 Å². The number of nitrogens with one attached hydrogen (secondary N) is 1. The third-order valence-electron chi connectivity index (χ3n) is 7.02. The van der Waals surface area contributed by atoms with Gasteiger partial charge in [0.25, 0.3) is 0 Å². The standard InChI is InChI=1S/C26H35ClN2O4S/c1-3-29(22-12-14-34(31,32)15-13-22)25-11-6-19(23(18-4-5-18)17-26(30)33-2)16-24(25)28-21-9-7-20(27)8-10-21/h6-11,16,18,22-23,28,31-32H,3-5,12-15,17H2,1-2H3. The zero-order valence-corrected chi connectivity index (χ0v) is 21.4. The Hall–Kier alpha value is -1.93. The number of hydrogen-bond acceptors (Lipinski definition) is 6. The fraction of sp³-hybridized carbons (Fsp3) is 0.500. The molecule has 1 saturated carbocycles. The largest absolute Gasteiger partial charge is 0.469 e. The average Bonchev–Trinajstić information content (AvgIpc) is 3.66. The summed E-state index contributed by atoms with van der Waals surface area (Å²) in [4.78, 5) is 14.5. The van der Waals surface area contributed by atoms with E-state index in [0.717, 1.165) is 54.9 Å². The van der Waals surface area contributed by atoms with Crippen LogP contribution in [0.5, 0.6) is 0 Å². The monoisotopic (exact) mass is 506 g/mol. The second kappa shape index (κ2) is 10.8. The van der Waals surface area contributed by atoms with Gasteiger partial charge in [-0.2, -0.15) is 10.6 Å². The van der Waals surface area contributed by atoms with E-state index < -0.39 is 10.6 Å². The van der Waals surface area contributed by atoms with Crippen molar-refractivity contribution in [2.45, 2.75) is 51.0 Å². The Balaban J connectivity index is 1.68. The SMILES string of the molecule is CCN(c1ccc(C(CC(=O)OC)C2CC2)cc1Nc1ccc(Cl)cc1)C1CCS(O)(O)CC1. The van der Waals surface area contributed by atoms with Crippen molar-refractivity contribution in [3.05, 3.63) is 53.1 Å². The van der Waals surface area contributed by atoms with Crippen LogP contribution in [0.15, 0.2) is 42.5 Å². The minimum Gasteiger partial charge on any atom is -0.469 e. The second-order valence-corrected chi connectivity index (χ2v) is 12.2. The highest BCUT2D eigenvalue weighted by Crippen LogP contribution is 2.48. The Kier molecular flexibility index (Phi) is 7.97. The van der Waals surface area contributed by atoms with Crippen LogP contribution in [0.3, 0.4) is 0 Å². The van der Waals surface area contributed by atoms with Gasteiger partial charge in [-0.15, -0.1) is 0 Å². The lowest BCUT2D eigenvalue weighted by Crippen LogP contribution is -2.40. The minimum absolute atomic E-state index is 0.144. The summed E-state index contributed by atoms with van der Waals surface area (Å²) in [5.74, 6) is 1.39. The maximum atomic E-state index is 12.1. The van der Waals surface area contributed by atoms with Crippen LogP contribution in [-0.4, -0.2) is 46.3 Å². The van der Waals surface area contributed by atoms with Crippen molar-refractivity contribution in [3.8, 4) is 0 Å². The number of benzene rings is 2. The van der Waals surface area contributed by atoms with E-state index >= 15 is 0 Å². The zero-order valence-electron chi connectivity index (χ0n) is 19.9. The van der Waals surface area contributed by atoms with Gasteiger partial charge >= 0.3 is 5.97 Å². The van der Waals surface area contributed by atoms with Gasteiger partial charge in [0, 0.05) is 34.8 Å². The summed E-state index contributed by atoms with van der Waals surface area (Å²) in [5, 5.41) is 4.26. The summed E-state index contributed by atoms with van der Waals surface area (Å²) in [5.41, 5.74) is 4.14. The number of carbonyl (C=O) groups excluding carboxylic acids is 1. The van der Waals surface area contributed by atoms with Crippen LogP contribution < -0.4 is 10.2 Å². The van der Waals surface area contributed by atoms with Crippen LogP contribution >= 0.6 is 22.2 Å². The zero-order chi connectivity index (χ0) is 24.3. The molecule has 1 aliphatic carbocycles. The van der Waals surface area contributed by atoms with Gasteiger partial charge < -0.3 is 15.0 Å². The molecule has 1 heterocycles. The Morgan fingerprint density at radius 1 is 1.15 bits per heavy atom. The van der Waals surface area contributed by atoms with Gasteiger partial charge in [0.1, 0.15) is 0 Å². The summed E-state index contributed by atoms with van der Waals surface area (Å²) in [6.45, 7) is 2.95. The van der Waals surface area contributed by atoms with E-state index in [2.05, 4.69) is 35.3 Å². The molecule has 3 N–H and O–H groups in total. The van der Waals surface area contributed by atoms with Gasteiger partial charge in [-0.3, -0.25) is 13.9 Å². The van der Waals surface area contributed by atoms with Gasteiger partial charge in [0.15, 0.2) is 0 Å². The number of rotatable bonds is 9. The summed E-state index contributed by atoms with van der Waals surface area (Å²) >= 11 is 6.10. The van der Waals surface area contributed by atoms with Crippen LogP contribution in [0.2, 0.25) is 5.02 Å². The van der Waals surface area contributed by atoms with Crippen LogP contribution in [-0.2, 0) is 9.53 Å². The van der Waals surface area contributed by atoms with Gasteiger partial charge in [-0.05, 0) is 86.4 Å². The summed E-state index contributed by atoms with van der Waals surface area (Å²) < 4.78 is 25.2. The number of methoxy groups -OCH3 is 1. The first-order valence-electron chi connectivity index (χ1n) is 12.0. The summed E-state index contributed by atoms with van der Waals surface area (Å²) in [7, 11) is -0.990. The molecule has 34 heavy (non-hydrogen) atoms. The molecule has 2 fully saturated rings. The molecular weight excluding hydrogens is 472 g/mol. The molecule has 186 valence electrons. The number of nitrogens with zero attached hydrogens (tertiary/aromatic N) is 1.